The van der Waals surface area contributed by atoms with Crippen molar-refractivity contribution in [3.05, 3.63) is 53.3 Å². The van der Waals surface area contributed by atoms with Crippen molar-refractivity contribution in [3.8, 4) is 0 Å². The van der Waals surface area contributed by atoms with Gasteiger partial charge in [0.25, 0.3) is 0 Å². The Kier molecular flexibility index (Phi) is 2.69. The molecule has 0 radical (unpaired) electrons. The van der Waals surface area contributed by atoms with Gasteiger partial charge in [-0.2, -0.15) is 5.10 Å². The molecule has 0 spiro atoms. The molecule has 2 heterocycles. The molecule has 3 rings (SSSR count). The number of nitrogens with zero attached hydrogens (tertiary/aromatic N) is 2. The first kappa shape index (κ1) is 10.5. The van der Waals surface area contributed by atoms with E-state index < -0.39 is 0 Å². The molecule has 17 heavy (non-hydrogen) atoms. The van der Waals surface area contributed by atoms with Crippen LogP contribution < -0.4 is 5.32 Å². The van der Waals surface area contributed by atoms with Gasteiger partial charge in [-0.1, -0.05) is 30.3 Å². The Hall–Kier alpha value is -1.61. The number of fused-ring (bicyclic) bond motifs is 1. The first-order valence-electron chi connectivity index (χ1n) is 6.17. The summed E-state index contributed by atoms with van der Waals surface area (Å²) in [6, 6.07) is 10.8. The van der Waals surface area contributed by atoms with Gasteiger partial charge in [0.15, 0.2) is 0 Å². The lowest BCUT2D eigenvalue weighted by molar-refractivity contribution is 0.550. The van der Waals surface area contributed by atoms with Crippen LogP contribution in [-0.2, 0) is 13.0 Å². The number of aromatic nitrogens is 2. The fraction of sp³-hybridized carbons (Fsp3) is 0.357. The Balaban J connectivity index is 1.91. The van der Waals surface area contributed by atoms with E-state index in [1.165, 1.54) is 16.8 Å². The van der Waals surface area contributed by atoms with E-state index in [1.54, 1.807) is 0 Å². The molecule has 3 heteroatoms. The second kappa shape index (κ2) is 4.34. The van der Waals surface area contributed by atoms with E-state index in [9.17, 15) is 0 Å². The fourth-order valence-electron chi connectivity index (χ4n) is 2.34. The minimum Gasteiger partial charge on any atom is -0.311 e. The number of benzene rings is 1. The maximum absolute atomic E-state index is 4.68. The van der Waals surface area contributed by atoms with Gasteiger partial charge in [-0.3, -0.25) is 4.68 Å². The third kappa shape index (κ3) is 1.98. The predicted molar refractivity (Wildman–Crippen MR) is 67.9 cm³/mol. The van der Waals surface area contributed by atoms with Crippen LogP contribution in [-0.4, -0.2) is 16.3 Å². The van der Waals surface area contributed by atoms with Gasteiger partial charge in [0.05, 0.1) is 11.7 Å². The molecule has 1 aliphatic heterocycles. The average Bonchev–Trinajstić information content (AvgIpc) is 2.82. The smallest absolute Gasteiger partial charge is 0.0795 e. The molecule has 1 N–H and O–H groups in total. The van der Waals surface area contributed by atoms with Crippen LogP contribution in [0.4, 0.5) is 0 Å². The standard InChI is InChI=1S/C14H17N3/c1-11(12-5-3-2-4-6-12)17-10-13-7-8-15-9-14(13)16-17/h2-6,10-11,15H,7-9H2,1H3. The summed E-state index contributed by atoms with van der Waals surface area (Å²) >= 11 is 0. The maximum atomic E-state index is 4.68. The third-order valence-corrected chi connectivity index (χ3v) is 3.44. The summed E-state index contributed by atoms with van der Waals surface area (Å²) < 4.78 is 2.09. The lowest BCUT2D eigenvalue weighted by Crippen LogP contribution is -2.22. The second-order valence-corrected chi connectivity index (χ2v) is 4.59. The number of rotatable bonds is 2. The molecule has 0 amide bonds. The summed E-state index contributed by atoms with van der Waals surface area (Å²) in [7, 11) is 0. The molecule has 2 aromatic rings. The summed E-state index contributed by atoms with van der Waals surface area (Å²) in [5.74, 6) is 0. The lowest BCUT2D eigenvalue weighted by atomic mass is 10.1. The van der Waals surface area contributed by atoms with E-state index in [-0.39, 0.29) is 0 Å². The highest BCUT2D eigenvalue weighted by Crippen LogP contribution is 2.20. The summed E-state index contributed by atoms with van der Waals surface area (Å²) in [6.07, 6.45) is 3.30. The molecule has 1 atom stereocenters. The zero-order valence-corrected chi connectivity index (χ0v) is 10.1. The molecule has 1 aromatic carbocycles. The first-order chi connectivity index (χ1) is 8.34. The van der Waals surface area contributed by atoms with Crippen LogP contribution in [0.3, 0.4) is 0 Å². The Morgan fingerprint density at radius 1 is 1.29 bits per heavy atom. The molecule has 0 saturated heterocycles. The van der Waals surface area contributed by atoms with Gasteiger partial charge >= 0.3 is 0 Å². The van der Waals surface area contributed by atoms with Gasteiger partial charge < -0.3 is 5.32 Å². The van der Waals surface area contributed by atoms with Crippen molar-refractivity contribution >= 4 is 0 Å². The highest BCUT2D eigenvalue weighted by Gasteiger charge is 2.16. The molecule has 1 unspecified atom stereocenters. The minimum absolute atomic E-state index is 0.307. The van der Waals surface area contributed by atoms with Crippen LogP contribution in [0.25, 0.3) is 0 Å². The summed E-state index contributed by atoms with van der Waals surface area (Å²) in [5.41, 5.74) is 3.91. The maximum Gasteiger partial charge on any atom is 0.0795 e. The van der Waals surface area contributed by atoms with Crippen molar-refractivity contribution in [2.75, 3.05) is 6.54 Å². The Morgan fingerprint density at radius 3 is 2.88 bits per heavy atom. The molecule has 0 aliphatic carbocycles. The van der Waals surface area contributed by atoms with Gasteiger partial charge in [0.1, 0.15) is 0 Å². The Bertz CT molecular complexity index is 478. The van der Waals surface area contributed by atoms with Crippen molar-refractivity contribution in [1.29, 1.82) is 0 Å². The second-order valence-electron chi connectivity index (χ2n) is 4.59. The predicted octanol–water partition coefficient (Wildman–Crippen LogP) is 2.14. The van der Waals surface area contributed by atoms with E-state index in [2.05, 4.69) is 52.5 Å². The molecule has 0 saturated carbocycles. The molecular weight excluding hydrogens is 210 g/mol. The monoisotopic (exact) mass is 227 g/mol. The Labute approximate surface area is 101 Å². The number of nitrogens with one attached hydrogen (secondary N) is 1. The van der Waals surface area contributed by atoms with Crippen LogP contribution in [0.1, 0.15) is 29.8 Å². The Morgan fingerprint density at radius 2 is 2.12 bits per heavy atom. The largest absolute Gasteiger partial charge is 0.311 e. The molecular formula is C14H17N3. The van der Waals surface area contributed by atoms with Crippen molar-refractivity contribution < 1.29 is 0 Å². The average molecular weight is 227 g/mol. The van der Waals surface area contributed by atoms with Crippen LogP contribution >= 0.6 is 0 Å². The zero-order valence-electron chi connectivity index (χ0n) is 10.1. The van der Waals surface area contributed by atoms with Crippen molar-refractivity contribution in [1.82, 2.24) is 15.1 Å². The van der Waals surface area contributed by atoms with Crippen LogP contribution in [0.5, 0.6) is 0 Å². The van der Waals surface area contributed by atoms with E-state index in [1.807, 2.05) is 6.07 Å². The van der Waals surface area contributed by atoms with Gasteiger partial charge in [-0.25, -0.2) is 0 Å². The van der Waals surface area contributed by atoms with Crippen LogP contribution in [0.2, 0.25) is 0 Å². The topological polar surface area (TPSA) is 29.9 Å². The van der Waals surface area contributed by atoms with E-state index >= 15 is 0 Å². The SMILES string of the molecule is CC(c1ccccc1)n1cc2c(n1)CNCC2. The molecule has 88 valence electrons. The van der Waals surface area contributed by atoms with Crippen LogP contribution in [0.15, 0.2) is 36.5 Å². The number of hydrogen-bond donors (Lipinski definition) is 1. The van der Waals surface area contributed by atoms with Gasteiger partial charge in [-0.05, 0) is 31.0 Å². The molecule has 0 bridgehead atoms. The van der Waals surface area contributed by atoms with Gasteiger partial charge in [0.2, 0.25) is 0 Å². The normalized spacial score (nSPS) is 16.5. The van der Waals surface area contributed by atoms with Crippen molar-refractivity contribution in [2.45, 2.75) is 25.9 Å². The van der Waals surface area contributed by atoms with E-state index in [0.29, 0.717) is 6.04 Å². The minimum atomic E-state index is 0.307. The van der Waals surface area contributed by atoms with Crippen molar-refractivity contribution in [2.24, 2.45) is 0 Å². The van der Waals surface area contributed by atoms with Gasteiger partial charge in [-0.15, -0.1) is 0 Å². The fourth-order valence-corrected chi connectivity index (χ4v) is 2.34. The highest BCUT2D eigenvalue weighted by atomic mass is 15.3. The van der Waals surface area contributed by atoms with Crippen LogP contribution in [0, 0.1) is 0 Å². The summed E-state index contributed by atoms with van der Waals surface area (Å²) in [4.78, 5) is 0. The zero-order chi connectivity index (χ0) is 11.7. The van der Waals surface area contributed by atoms with E-state index in [4.69, 9.17) is 0 Å². The summed E-state index contributed by atoms with van der Waals surface area (Å²) in [6.45, 7) is 4.17. The lowest BCUT2D eigenvalue weighted by Gasteiger charge is -2.12. The summed E-state index contributed by atoms with van der Waals surface area (Å²) in [5, 5.41) is 8.04. The highest BCUT2D eigenvalue weighted by molar-refractivity contribution is 5.23. The van der Waals surface area contributed by atoms with E-state index in [0.717, 1.165) is 19.5 Å². The molecule has 1 aliphatic rings. The molecule has 1 aromatic heterocycles. The van der Waals surface area contributed by atoms with Gasteiger partial charge in [0, 0.05) is 12.7 Å². The quantitative estimate of drug-likeness (QED) is 0.852. The third-order valence-electron chi connectivity index (χ3n) is 3.44. The molecule has 0 fully saturated rings. The number of hydrogen-bond acceptors (Lipinski definition) is 2. The first-order valence-corrected chi connectivity index (χ1v) is 6.17. The van der Waals surface area contributed by atoms with Crippen molar-refractivity contribution in [3.63, 3.8) is 0 Å². The molecule has 3 nitrogen and oxygen atoms in total.